The molecule has 2 rings (SSSR count). The average Bonchev–Trinajstić information content (AvgIpc) is 2.49. The van der Waals surface area contributed by atoms with Crippen molar-refractivity contribution in [1.82, 2.24) is 4.98 Å². The van der Waals surface area contributed by atoms with E-state index in [0.717, 1.165) is 16.2 Å². The summed E-state index contributed by atoms with van der Waals surface area (Å²) in [5.41, 5.74) is 3.39. The lowest BCUT2D eigenvalue weighted by molar-refractivity contribution is 1.30. The third-order valence-corrected chi connectivity index (χ3v) is 2.26. The van der Waals surface area contributed by atoms with Crippen LogP contribution in [0.2, 0.25) is 5.02 Å². The molecule has 0 unspecified atom stereocenters. The normalized spacial score (nSPS) is 9.79. The van der Waals surface area contributed by atoms with Crippen LogP contribution in [0.3, 0.4) is 0 Å². The number of halogens is 1. The number of fused-ring (bicyclic) bond motifs is 1. The highest BCUT2D eigenvalue weighted by atomic mass is 35.5. The van der Waals surface area contributed by atoms with Gasteiger partial charge >= 0.3 is 0 Å². The molecule has 0 fully saturated rings. The van der Waals surface area contributed by atoms with E-state index in [1.165, 1.54) is 10.9 Å². The van der Waals surface area contributed by atoms with Crippen LogP contribution in [0.1, 0.15) is 25.1 Å². The van der Waals surface area contributed by atoms with Gasteiger partial charge in [0.1, 0.15) is 0 Å². The molecule has 0 saturated carbocycles. The zero-order valence-corrected chi connectivity index (χ0v) is 9.87. The van der Waals surface area contributed by atoms with Crippen molar-refractivity contribution in [2.24, 2.45) is 0 Å². The SMILES string of the molecule is CC.Cc1cc(Cl)c2[nH]c(C)cc2c1. The molecule has 1 heterocycles. The number of benzene rings is 1. The number of hydrogen-bond acceptors (Lipinski definition) is 0. The van der Waals surface area contributed by atoms with Crippen LogP contribution < -0.4 is 0 Å². The average molecular weight is 210 g/mol. The van der Waals surface area contributed by atoms with Crippen LogP contribution in [0.5, 0.6) is 0 Å². The van der Waals surface area contributed by atoms with E-state index in [2.05, 4.69) is 17.1 Å². The predicted molar refractivity (Wildman–Crippen MR) is 64.1 cm³/mol. The molecule has 1 aromatic carbocycles. The molecule has 0 aliphatic carbocycles. The van der Waals surface area contributed by atoms with Gasteiger partial charge in [-0.3, -0.25) is 0 Å². The minimum Gasteiger partial charge on any atom is -0.357 e. The molecular formula is C12H16ClN. The van der Waals surface area contributed by atoms with E-state index >= 15 is 0 Å². The zero-order chi connectivity index (χ0) is 10.7. The van der Waals surface area contributed by atoms with Crippen molar-refractivity contribution < 1.29 is 0 Å². The van der Waals surface area contributed by atoms with Crippen molar-refractivity contribution in [3.63, 3.8) is 0 Å². The Labute approximate surface area is 90.1 Å². The molecule has 1 nitrogen and oxygen atoms in total. The maximum Gasteiger partial charge on any atom is 0.0649 e. The van der Waals surface area contributed by atoms with Crippen molar-refractivity contribution >= 4 is 22.5 Å². The second-order valence-electron chi connectivity index (χ2n) is 3.16. The highest BCUT2D eigenvalue weighted by molar-refractivity contribution is 6.35. The smallest absolute Gasteiger partial charge is 0.0649 e. The minimum atomic E-state index is 0.804. The van der Waals surface area contributed by atoms with E-state index in [0.29, 0.717) is 0 Å². The third kappa shape index (κ3) is 2.10. The van der Waals surface area contributed by atoms with E-state index in [1.807, 2.05) is 33.8 Å². The van der Waals surface area contributed by atoms with Gasteiger partial charge in [0.15, 0.2) is 0 Å². The summed E-state index contributed by atoms with van der Waals surface area (Å²) in [4.78, 5) is 3.22. The van der Waals surface area contributed by atoms with Gasteiger partial charge in [-0.2, -0.15) is 0 Å². The molecule has 0 atom stereocenters. The second-order valence-corrected chi connectivity index (χ2v) is 3.57. The van der Waals surface area contributed by atoms with Crippen molar-refractivity contribution in [3.8, 4) is 0 Å². The topological polar surface area (TPSA) is 15.8 Å². The van der Waals surface area contributed by atoms with Crippen LogP contribution in [0, 0.1) is 13.8 Å². The molecule has 14 heavy (non-hydrogen) atoms. The molecule has 0 aliphatic heterocycles. The molecule has 76 valence electrons. The Kier molecular flexibility index (Phi) is 3.59. The molecule has 0 spiro atoms. The summed E-state index contributed by atoms with van der Waals surface area (Å²) in [6.45, 7) is 8.08. The van der Waals surface area contributed by atoms with Crippen molar-refractivity contribution in [2.75, 3.05) is 0 Å². The maximum absolute atomic E-state index is 6.04. The molecule has 0 bridgehead atoms. The zero-order valence-electron chi connectivity index (χ0n) is 9.11. The Morgan fingerprint density at radius 1 is 1.07 bits per heavy atom. The number of hydrogen-bond donors (Lipinski definition) is 1. The third-order valence-electron chi connectivity index (χ3n) is 1.96. The van der Waals surface area contributed by atoms with Gasteiger partial charge in [-0.1, -0.05) is 25.4 Å². The lowest BCUT2D eigenvalue weighted by Gasteiger charge is -1.95. The first kappa shape index (κ1) is 11.1. The van der Waals surface area contributed by atoms with Crippen LogP contribution >= 0.6 is 11.6 Å². The van der Waals surface area contributed by atoms with Crippen LogP contribution in [-0.2, 0) is 0 Å². The van der Waals surface area contributed by atoms with Gasteiger partial charge < -0.3 is 4.98 Å². The lowest BCUT2D eigenvalue weighted by atomic mass is 10.2. The molecule has 1 aromatic heterocycles. The summed E-state index contributed by atoms with van der Waals surface area (Å²) >= 11 is 6.04. The van der Waals surface area contributed by atoms with E-state index in [-0.39, 0.29) is 0 Å². The van der Waals surface area contributed by atoms with Gasteiger partial charge in [0.25, 0.3) is 0 Å². The number of nitrogens with one attached hydrogen (secondary N) is 1. The second kappa shape index (κ2) is 4.52. The van der Waals surface area contributed by atoms with Crippen LogP contribution in [0.4, 0.5) is 0 Å². The molecule has 2 aromatic rings. The number of aromatic nitrogens is 1. The molecular weight excluding hydrogens is 194 g/mol. The highest BCUT2D eigenvalue weighted by Crippen LogP contribution is 2.24. The molecule has 0 radical (unpaired) electrons. The molecule has 0 amide bonds. The van der Waals surface area contributed by atoms with E-state index in [9.17, 15) is 0 Å². The van der Waals surface area contributed by atoms with Gasteiger partial charge in [-0.05, 0) is 37.6 Å². The fourth-order valence-corrected chi connectivity index (χ4v) is 1.81. The van der Waals surface area contributed by atoms with Gasteiger partial charge in [-0.25, -0.2) is 0 Å². The number of rotatable bonds is 0. The van der Waals surface area contributed by atoms with E-state index < -0.39 is 0 Å². The lowest BCUT2D eigenvalue weighted by Crippen LogP contribution is -1.74. The Balaban J connectivity index is 0.000000461. The summed E-state index contributed by atoms with van der Waals surface area (Å²) in [7, 11) is 0. The molecule has 1 N–H and O–H groups in total. The predicted octanol–water partition coefficient (Wildman–Crippen LogP) is 4.46. The van der Waals surface area contributed by atoms with E-state index in [4.69, 9.17) is 11.6 Å². The van der Waals surface area contributed by atoms with Crippen LogP contribution in [0.25, 0.3) is 10.9 Å². The number of H-pyrrole nitrogens is 1. The van der Waals surface area contributed by atoms with Crippen molar-refractivity contribution in [2.45, 2.75) is 27.7 Å². The first-order valence-corrected chi connectivity index (χ1v) is 5.30. The standard InChI is InChI=1S/C10H10ClN.C2H6/c1-6-3-8-5-7(2)12-10(8)9(11)4-6;1-2/h3-5,12H,1-2H3;1-2H3. The summed E-state index contributed by atoms with van der Waals surface area (Å²) < 4.78 is 0. The van der Waals surface area contributed by atoms with Gasteiger partial charge in [0, 0.05) is 11.1 Å². The Morgan fingerprint density at radius 3 is 2.36 bits per heavy atom. The van der Waals surface area contributed by atoms with Gasteiger partial charge in [-0.15, -0.1) is 0 Å². The molecule has 0 aliphatic rings. The Morgan fingerprint density at radius 2 is 1.71 bits per heavy atom. The van der Waals surface area contributed by atoms with Crippen LogP contribution in [0.15, 0.2) is 18.2 Å². The van der Waals surface area contributed by atoms with Gasteiger partial charge in [0.2, 0.25) is 0 Å². The Bertz CT molecular complexity index is 429. The first-order valence-electron chi connectivity index (χ1n) is 4.92. The quantitative estimate of drug-likeness (QED) is 0.659. The number of aromatic amines is 1. The minimum absolute atomic E-state index is 0.804. The monoisotopic (exact) mass is 209 g/mol. The van der Waals surface area contributed by atoms with Gasteiger partial charge in [0.05, 0.1) is 10.5 Å². The number of aryl methyl sites for hydroxylation is 2. The van der Waals surface area contributed by atoms with E-state index in [1.54, 1.807) is 0 Å². The summed E-state index contributed by atoms with van der Waals surface area (Å²) in [6.07, 6.45) is 0. The fraction of sp³-hybridized carbons (Fsp3) is 0.333. The van der Waals surface area contributed by atoms with Crippen molar-refractivity contribution in [3.05, 3.63) is 34.5 Å². The molecule has 0 saturated heterocycles. The molecule has 2 heteroatoms. The van der Waals surface area contributed by atoms with Crippen LogP contribution in [-0.4, -0.2) is 4.98 Å². The highest BCUT2D eigenvalue weighted by Gasteiger charge is 2.02. The first-order chi connectivity index (χ1) is 6.66. The van der Waals surface area contributed by atoms with Crippen molar-refractivity contribution in [1.29, 1.82) is 0 Å². The Hall–Kier alpha value is -0.950. The largest absolute Gasteiger partial charge is 0.357 e. The summed E-state index contributed by atoms with van der Waals surface area (Å²) in [5.74, 6) is 0. The fourth-order valence-electron chi connectivity index (χ4n) is 1.48. The summed E-state index contributed by atoms with van der Waals surface area (Å²) in [5, 5.41) is 2.00. The summed E-state index contributed by atoms with van der Waals surface area (Å²) in [6, 6.07) is 6.21. The maximum atomic E-state index is 6.04.